The second-order valence-electron chi connectivity index (χ2n) is 13.2. The van der Waals surface area contributed by atoms with Gasteiger partial charge in [0.1, 0.15) is 6.04 Å². The quantitative estimate of drug-likeness (QED) is 0.300. The zero-order valence-corrected chi connectivity index (χ0v) is 27.5. The van der Waals surface area contributed by atoms with Gasteiger partial charge in [0.25, 0.3) is 0 Å². The smallest absolute Gasteiger partial charge is 0.408 e. The summed E-state index contributed by atoms with van der Waals surface area (Å²) in [5, 5.41) is 6.05. The number of carbonyl (C=O) groups is 3. The third kappa shape index (κ3) is 7.64. The number of oxazole rings is 1. The highest BCUT2D eigenvalue weighted by molar-refractivity contribution is 5.92. The fourth-order valence-electron chi connectivity index (χ4n) is 7.32. The standard InChI is InChI=1S/C35H47N7O5/c1-3-40(20-19-39(2)26-10-5-4-6-11-26)32(43)30(21-24-13-14-29-31(22-24)47-35(46)38-29)37-33(44)41-17-15-27(16-18-41)42-23-25-9-7-8-12-28(25)36-34(42)45/h7-9,12-14,22,26-27,30H,3-6,10-11,15-21,23H2,1-2H3,(H,36,45)(H,37,44)(H,38,46). The van der Waals surface area contributed by atoms with Crippen LogP contribution in [0.5, 0.6) is 0 Å². The maximum atomic E-state index is 14.1. The van der Waals surface area contributed by atoms with Crippen molar-refractivity contribution >= 4 is 34.8 Å². The van der Waals surface area contributed by atoms with Crippen molar-refractivity contribution in [2.45, 2.75) is 83.0 Å². The number of anilines is 1. The number of carbonyl (C=O) groups excluding carboxylic acids is 3. The number of rotatable bonds is 10. The van der Waals surface area contributed by atoms with Crippen LogP contribution >= 0.6 is 0 Å². The minimum absolute atomic E-state index is 0.0179. The second-order valence-corrected chi connectivity index (χ2v) is 13.2. The highest BCUT2D eigenvalue weighted by Gasteiger charge is 2.34. The van der Waals surface area contributed by atoms with Crippen LogP contribution in [0.3, 0.4) is 0 Å². The number of aromatic amines is 1. The van der Waals surface area contributed by atoms with E-state index in [1.54, 1.807) is 17.0 Å². The number of nitrogens with zero attached hydrogens (tertiary/aromatic N) is 4. The van der Waals surface area contributed by atoms with E-state index < -0.39 is 11.8 Å². The van der Waals surface area contributed by atoms with Gasteiger partial charge in [-0.05, 0) is 69.0 Å². The van der Waals surface area contributed by atoms with E-state index in [2.05, 4.69) is 27.6 Å². The third-order valence-corrected chi connectivity index (χ3v) is 10.2. The van der Waals surface area contributed by atoms with E-state index in [9.17, 15) is 19.2 Å². The van der Waals surface area contributed by atoms with E-state index in [0.29, 0.717) is 62.7 Å². The molecule has 0 spiro atoms. The molecule has 12 heteroatoms. The van der Waals surface area contributed by atoms with Gasteiger partial charge in [-0.3, -0.25) is 9.78 Å². The molecule has 0 radical (unpaired) electrons. The van der Waals surface area contributed by atoms with Gasteiger partial charge in [-0.25, -0.2) is 14.4 Å². The Balaban J connectivity index is 1.11. The molecule has 47 heavy (non-hydrogen) atoms. The maximum absolute atomic E-state index is 14.1. The van der Waals surface area contributed by atoms with E-state index in [0.717, 1.165) is 23.4 Å². The lowest BCUT2D eigenvalue weighted by Gasteiger charge is -2.41. The van der Waals surface area contributed by atoms with Gasteiger partial charge in [-0.1, -0.05) is 43.5 Å². The fraction of sp³-hybridized carbons (Fsp3) is 0.543. The van der Waals surface area contributed by atoms with Crippen LogP contribution in [0, 0.1) is 0 Å². The Labute approximate surface area is 275 Å². The molecule has 3 N–H and O–H groups in total. The summed E-state index contributed by atoms with van der Waals surface area (Å²) in [6, 6.07) is 12.5. The van der Waals surface area contributed by atoms with E-state index in [1.807, 2.05) is 47.1 Å². The first-order chi connectivity index (χ1) is 22.8. The van der Waals surface area contributed by atoms with Crippen molar-refractivity contribution in [3.8, 4) is 0 Å². The van der Waals surface area contributed by atoms with Crippen LogP contribution in [0.4, 0.5) is 15.3 Å². The van der Waals surface area contributed by atoms with Gasteiger partial charge in [0, 0.05) is 63.5 Å². The summed E-state index contributed by atoms with van der Waals surface area (Å²) < 4.78 is 5.27. The van der Waals surface area contributed by atoms with Crippen molar-refractivity contribution in [2.24, 2.45) is 0 Å². The predicted molar refractivity (Wildman–Crippen MR) is 180 cm³/mol. The molecule has 1 aliphatic carbocycles. The zero-order chi connectivity index (χ0) is 32.9. The van der Waals surface area contributed by atoms with Gasteiger partial charge in [0.05, 0.1) is 5.52 Å². The molecule has 1 saturated carbocycles. The number of piperidine rings is 1. The SMILES string of the molecule is CCN(CCN(C)C1CCCCC1)C(=O)C(Cc1ccc2[nH]c(=O)oc2c1)NC(=O)N1CCC(N2Cc3ccccc3NC2=O)CC1. The van der Waals surface area contributed by atoms with E-state index in [1.165, 1.54) is 32.1 Å². The van der Waals surface area contributed by atoms with Crippen LogP contribution in [0.25, 0.3) is 11.1 Å². The van der Waals surface area contributed by atoms with Gasteiger partial charge in [-0.2, -0.15) is 0 Å². The summed E-state index contributed by atoms with van der Waals surface area (Å²) in [4.78, 5) is 62.9. The number of H-pyrrole nitrogens is 1. The number of para-hydroxylation sites is 1. The molecule has 2 aliphatic heterocycles. The van der Waals surface area contributed by atoms with Crippen molar-refractivity contribution in [2.75, 3.05) is 45.1 Å². The lowest BCUT2D eigenvalue weighted by Crippen LogP contribution is -2.56. The molecule has 252 valence electrons. The van der Waals surface area contributed by atoms with Crippen LogP contribution in [0.2, 0.25) is 0 Å². The minimum Gasteiger partial charge on any atom is -0.408 e. The molecule has 1 aromatic heterocycles. The monoisotopic (exact) mass is 645 g/mol. The normalized spacial score (nSPS) is 18.2. The first kappa shape index (κ1) is 32.6. The van der Waals surface area contributed by atoms with Crippen molar-refractivity contribution < 1.29 is 18.8 Å². The Morgan fingerprint density at radius 2 is 1.79 bits per heavy atom. The van der Waals surface area contributed by atoms with Crippen molar-refractivity contribution in [1.82, 2.24) is 29.9 Å². The maximum Gasteiger partial charge on any atom is 0.417 e. The molecule has 3 heterocycles. The summed E-state index contributed by atoms with van der Waals surface area (Å²) in [6.45, 7) is 5.35. The van der Waals surface area contributed by atoms with E-state index in [4.69, 9.17) is 4.42 Å². The number of likely N-dealkylation sites (tertiary alicyclic amines) is 1. The van der Waals surface area contributed by atoms with Crippen molar-refractivity contribution in [3.63, 3.8) is 0 Å². The van der Waals surface area contributed by atoms with Crippen LogP contribution in [0.1, 0.15) is 63.0 Å². The van der Waals surface area contributed by atoms with Crippen LogP contribution in [-0.4, -0.2) is 100 Å². The Kier molecular flexibility index (Phi) is 10.1. The molecule has 3 aromatic rings. The topological polar surface area (TPSA) is 134 Å². The number of hydrogen-bond acceptors (Lipinski definition) is 6. The number of aromatic nitrogens is 1. The molecule has 3 aliphatic rings. The number of nitrogens with one attached hydrogen (secondary N) is 3. The first-order valence-corrected chi connectivity index (χ1v) is 17.1. The van der Waals surface area contributed by atoms with Crippen LogP contribution in [0.15, 0.2) is 51.7 Å². The number of likely N-dealkylation sites (N-methyl/N-ethyl adjacent to an activating group) is 2. The van der Waals surface area contributed by atoms with E-state index in [-0.39, 0.29) is 30.4 Å². The number of benzene rings is 2. The number of amides is 5. The lowest BCUT2D eigenvalue weighted by atomic mass is 9.94. The third-order valence-electron chi connectivity index (χ3n) is 10.2. The average Bonchev–Trinajstić information content (AvgIpc) is 3.47. The highest BCUT2D eigenvalue weighted by Crippen LogP contribution is 2.28. The Morgan fingerprint density at radius 3 is 2.55 bits per heavy atom. The number of hydrogen-bond donors (Lipinski definition) is 3. The second kappa shape index (κ2) is 14.6. The molecule has 6 rings (SSSR count). The molecule has 1 atom stereocenters. The number of fused-ring (bicyclic) bond motifs is 2. The van der Waals surface area contributed by atoms with Gasteiger partial charge < -0.3 is 34.7 Å². The lowest BCUT2D eigenvalue weighted by molar-refractivity contribution is -0.133. The Morgan fingerprint density at radius 1 is 1.02 bits per heavy atom. The minimum atomic E-state index is -0.798. The van der Waals surface area contributed by atoms with Crippen molar-refractivity contribution in [3.05, 3.63) is 64.1 Å². The Bertz CT molecular complexity index is 1620. The molecule has 2 fully saturated rings. The summed E-state index contributed by atoms with van der Waals surface area (Å²) >= 11 is 0. The Hall–Kier alpha value is -4.32. The first-order valence-electron chi connectivity index (χ1n) is 17.1. The molecule has 1 saturated heterocycles. The van der Waals surface area contributed by atoms with Crippen LogP contribution < -0.4 is 16.4 Å². The molecule has 2 aromatic carbocycles. The summed E-state index contributed by atoms with van der Waals surface area (Å²) in [5.74, 6) is -0.668. The van der Waals surface area contributed by atoms with Gasteiger partial charge in [0.15, 0.2) is 5.58 Å². The summed E-state index contributed by atoms with van der Waals surface area (Å²) in [6.07, 6.45) is 7.75. The molecular weight excluding hydrogens is 598 g/mol. The molecule has 12 nitrogen and oxygen atoms in total. The van der Waals surface area contributed by atoms with Gasteiger partial charge in [-0.15, -0.1) is 0 Å². The van der Waals surface area contributed by atoms with Crippen LogP contribution in [-0.2, 0) is 17.8 Å². The largest absolute Gasteiger partial charge is 0.417 e. The highest BCUT2D eigenvalue weighted by atomic mass is 16.4. The molecular formula is C35H47N7O5. The molecule has 1 unspecified atom stereocenters. The van der Waals surface area contributed by atoms with E-state index >= 15 is 0 Å². The van der Waals surface area contributed by atoms with Gasteiger partial charge in [0.2, 0.25) is 5.91 Å². The summed E-state index contributed by atoms with van der Waals surface area (Å²) in [7, 11) is 2.14. The molecule has 0 bridgehead atoms. The summed E-state index contributed by atoms with van der Waals surface area (Å²) in [5.41, 5.74) is 3.71. The number of urea groups is 2. The predicted octanol–water partition coefficient (Wildman–Crippen LogP) is 4.37. The zero-order valence-electron chi connectivity index (χ0n) is 27.5. The van der Waals surface area contributed by atoms with Crippen molar-refractivity contribution in [1.29, 1.82) is 0 Å². The average molecular weight is 646 g/mol. The fourth-order valence-corrected chi connectivity index (χ4v) is 7.32. The van der Waals surface area contributed by atoms with Gasteiger partial charge >= 0.3 is 17.8 Å². The molecule has 5 amide bonds.